The SMILES string of the molecule is O=C1CCCCCN1CCCCN1CCc2c(c3cc(F)ccc3n2-c2ccc(F)cc2)C1. The van der Waals surface area contributed by atoms with Gasteiger partial charge in [-0.3, -0.25) is 9.69 Å². The predicted octanol–water partition coefficient (Wildman–Crippen LogP) is 5.45. The van der Waals surface area contributed by atoms with Gasteiger partial charge in [0.05, 0.1) is 5.52 Å². The minimum atomic E-state index is -0.261. The molecule has 1 fully saturated rings. The van der Waals surface area contributed by atoms with Crippen LogP contribution in [0.2, 0.25) is 0 Å². The molecule has 6 heteroatoms. The van der Waals surface area contributed by atoms with Crippen molar-refractivity contribution in [3.8, 4) is 5.69 Å². The molecule has 1 amide bonds. The molecule has 1 aromatic heterocycles. The molecule has 2 aliphatic rings. The van der Waals surface area contributed by atoms with Crippen LogP contribution in [0.1, 0.15) is 49.8 Å². The van der Waals surface area contributed by atoms with Gasteiger partial charge < -0.3 is 9.47 Å². The van der Waals surface area contributed by atoms with Crippen LogP contribution in [0.15, 0.2) is 42.5 Å². The molecule has 0 N–H and O–H groups in total. The van der Waals surface area contributed by atoms with Crippen LogP contribution in [0.25, 0.3) is 16.6 Å². The molecule has 0 aliphatic carbocycles. The molecule has 5 rings (SSSR count). The minimum Gasteiger partial charge on any atom is -0.343 e. The predicted molar refractivity (Wildman–Crippen MR) is 126 cm³/mol. The second kappa shape index (κ2) is 9.64. The van der Waals surface area contributed by atoms with Gasteiger partial charge in [0.1, 0.15) is 11.6 Å². The van der Waals surface area contributed by atoms with Crippen molar-refractivity contribution >= 4 is 16.8 Å². The van der Waals surface area contributed by atoms with Crippen LogP contribution in [0.4, 0.5) is 8.78 Å². The zero-order chi connectivity index (χ0) is 22.8. The van der Waals surface area contributed by atoms with Gasteiger partial charge in [-0.25, -0.2) is 8.78 Å². The first-order valence-electron chi connectivity index (χ1n) is 12.2. The Morgan fingerprint density at radius 3 is 2.45 bits per heavy atom. The zero-order valence-electron chi connectivity index (χ0n) is 19.0. The lowest BCUT2D eigenvalue weighted by molar-refractivity contribution is -0.130. The molecule has 0 bridgehead atoms. The van der Waals surface area contributed by atoms with Crippen molar-refractivity contribution in [1.29, 1.82) is 0 Å². The smallest absolute Gasteiger partial charge is 0.222 e. The summed E-state index contributed by atoms with van der Waals surface area (Å²) in [7, 11) is 0. The maximum Gasteiger partial charge on any atom is 0.222 e. The van der Waals surface area contributed by atoms with Crippen LogP contribution < -0.4 is 0 Å². The number of aromatic nitrogens is 1. The molecule has 174 valence electrons. The normalized spacial score (nSPS) is 17.4. The van der Waals surface area contributed by atoms with Crippen molar-refractivity contribution in [2.24, 2.45) is 0 Å². The molecule has 2 aliphatic heterocycles. The average Bonchev–Trinajstić information content (AvgIpc) is 2.98. The fourth-order valence-corrected chi connectivity index (χ4v) is 5.38. The number of unbranched alkanes of at least 4 members (excludes halogenated alkanes) is 1. The first kappa shape index (κ1) is 22.1. The number of fused-ring (bicyclic) bond motifs is 3. The van der Waals surface area contributed by atoms with Gasteiger partial charge in [0, 0.05) is 55.8 Å². The molecule has 2 aromatic carbocycles. The molecule has 3 heterocycles. The molecule has 4 nitrogen and oxygen atoms in total. The molecule has 0 unspecified atom stereocenters. The summed E-state index contributed by atoms with van der Waals surface area (Å²) in [6, 6.07) is 11.5. The van der Waals surface area contributed by atoms with E-state index >= 15 is 0 Å². The highest BCUT2D eigenvalue weighted by Crippen LogP contribution is 2.34. The van der Waals surface area contributed by atoms with E-state index in [0.717, 1.165) is 87.8 Å². The summed E-state index contributed by atoms with van der Waals surface area (Å²) in [5, 5.41) is 0.939. The largest absolute Gasteiger partial charge is 0.343 e. The van der Waals surface area contributed by atoms with Crippen LogP contribution >= 0.6 is 0 Å². The molecule has 0 saturated carbocycles. The van der Waals surface area contributed by atoms with Crippen molar-refractivity contribution in [2.75, 3.05) is 26.2 Å². The second-order valence-corrected chi connectivity index (χ2v) is 9.32. The van der Waals surface area contributed by atoms with Gasteiger partial charge in [0.15, 0.2) is 0 Å². The Bertz CT molecular complexity index is 1140. The fraction of sp³-hybridized carbons (Fsp3) is 0.444. The highest BCUT2D eigenvalue weighted by molar-refractivity contribution is 5.87. The third-order valence-electron chi connectivity index (χ3n) is 7.10. The average molecular weight is 452 g/mol. The molecule has 0 spiro atoms. The lowest BCUT2D eigenvalue weighted by Gasteiger charge is -2.28. The van der Waals surface area contributed by atoms with Gasteiger partial charge in [-0.05, 0) is 80.3 Å². The summed E-state index contributed by atoms with van der Waals surface area (Å²) in [6.45, 7) is 4.45. The molecule has 3 aromatic rings. The van der Waals surface area contributed by atoms with Crippen LogP contribution in [0.3, 0.4) is 0 Å². The Balaban J connectivity index is 1.30. The molecule has 0 radical (unpaired) electrons. The van der Waals surface area contributed by atoms with Crippen molar-refractivity contribution in [3.05, 3.63) is 65.4 Å². The number of hydrogen-bond acceptors (Lipinski definition) is 2. The summed E-state index contributed by atoms with van der Waals surface area (Å²) < 4.78 is 29.8. The van der Waals surface area contributed by atoms with Crippen molar-refractivity contribution in [3.63, 3.8) is 0 Å². The van der Waals surface area contributed by atoms with Gasteiger partial charge >= 0.3 is 0 Å². The maximum absolute atomic E-state index is 14.1. The second-order valence-electron chi connectivity index (χ2n) is 9.32. The Labute approximate surface area is 193 Å². The van der Waals surface area contributed by atoms with Crippen molar-refractivity contribution in [1.82, 2.24) is 14.4 Å². The maximum atomic E-state index is 14.1. The van der Waals surface area contributed by atoms with Gasteiger partial charge in [-0.15, -0.1) is 0 Å². The van der Waals surface area contributed by atoms with E-state index in [-0.39, 0.29) is 11.6 Å². The van der Waals surface area contributed by atoms with E-state index in [1.54, 1.807) is 18.2 Å². The minimum absolute atomic E-state index is 0.235. The van der Waals surface area contributed by atoms with E-state index in [9.17, 15) is 13.6 Å². The van der Waals surface area contributed by atoms with Crippen LogP contribution in [0, 0.1) is 11.6 Å². The van der Waals surface area contributed by atoms with Crippen LogP contribution in [-0.4, -0.2) is 46.5 Å². The number of rotatable bonds is 6. The lowest BCUT2D eigenvalue weighted by Crippen LogP contribution is -2.33. The summed E-state index contributed by atoms with van der Waals surface area (Å²) >= 11 is 0. The van der Waals surface area contributed by atoms with E-state index in [0.29, 0.717) is 12.3 Å². The first-order chi connectivity index (χ1) is 16.1. The molecule has 0 atom stereocenters. The Morgan fingerprint density at radius 1 is 0.818 bits per heavy atom. The van der Waals surface area contributed by atoms with E-state index in [4.69, 9.17) is 0 Å². The zero-order valence-corrected chi connectivity index (χ0v) is 19.0. The van der Waals surface area contributed by atoms with Crippen LogP contribution in [-0.2, 0) is 17.8 Å². The first-order valence-corrected chi connectivity index (χ1v) is 12.2. The molecule has 33 heavy (non-hydrogen) atoms. The van der Waals surface area contributed by atoms with E-state index < -0.39 is 0 Å². The summed E-state index contributed by atoms with van der Waals surface area (Å²) in [5.74, 6) is -0.185. The van der Waals surface area contributed by atoms with Gasteiger partial charge in [-0.2, -0.15) is 0 Å². The van der Waals surface area contributed by atoms with E-state index in [1.807, 2.05) is 11.0 Å². The summed E-state index contributed by atoms with van der Waals surface area (Å²) in [5.41, 5.74) is 4.23. The highest BCUT2D eigenvalue weighted by Gasteiger charge is 2.25. The van der Waals surface area contributed by atoms with Gasteiger partial charge in [-0.1, -0.05) is 6.42 Å². The Hall–Kier alpha value is -2.73. The molecular formula is C27H31F2N3O. The van der Waals surface area contributed by atoms with Crippen molar-refractivity contribution < 1.29 is 13.6 Å². The highest BCUT2D eigenvalue weighted by atomic mass is 19.1. The fourth-order valence-electron chi connectivity index (χ4n) is 5.38. The molecular weight excluding hydrogens is 420 g/mol. The number of likely N-dealkylation sites (tertiary alicyclic amines) is 1. The number of benzene rings is 2. The quantitative estimate of drug-likeness (QED) is 0.466. The van der Waals surface area contributed by atoms with E-state index in [1.165, 1.54) is 29.5 Å². The topological polar surface area (TPSA) is 28.5 Å². The Kier molecular flexibility index (Phi) is 6.45. The number of hydrogen-bond donors (Lipinski definition) is 0. The number of carbonyl (C=O) groups excluding carboxylic acids is 1. The van der Waals surface area contributed by atoms with Gasteiger partial charge in [0.2, 0.25) is 5.91 Å². The van der Waals surface area contributed by atoms with Crippen LogP contribution in [0.5, 0.6) is 0 Å². The lowest BCUT2D eigenvalue weighted by atomic mass is 10.0. The number of nitrogens with zero attached hydrogens (tertiary/aromatic N) is 3. The third kappa shape index (κ3) is 4.67. The monoisotopic (exact) mass is 451 g/mol. The standard InChI is InChI=1S/C27H31F2N3O/c28-20-7-10-22(11-8-20)32-25-12-9-21(29)18-23(25)24-19-30(17-13-26(24)32)14-4-5-16-31-15-3-1-2-6-27(31)33/h7-12,18H,1-6,13-17,19H2. The molecule has 1 saturated heterocycles. The van der Waals surface area contributed by atoms with Crippen molar-refractivity contribution in [2.45, 2.75) is 51.5 Å². The third-order valence-corrected chi connectivity index (χ3v) is 7.10. The summed E-state index contributed by atoms with van der Waals surface area (Å²) in [6.07, 6.45) is 6.93. The van der Waals surface area contributed by atoms with E-state index in [2.05, 4.69) is 9.47 Å². The van der Waals surface area contributed by atoms with Gasteiger partial charge in [0.25, 0.3) is 0 Å². The number of amides is 1. The Morgan fingerprint density at radius 2 is 1.61 bits per heavy atom. The number of halogens is 2. The summed E-state index contributed by atoms with van der Waals surface area (Å²) in [4.78, 5) is 16.7. The number of carbonyl (C=O) groups is 1.